The molecule has 1 aromatic carbocycles. The van der Waals surface area contributed by atoms with Gasteiger partial charge in [0, 0.05) is 18.9 Å². The van der Waals surface area contributed by atoms with Crippen LogP contribution in [0.4, 0.5) is 11.4 Å². The van der Waals surface area contributed by atoms with Gasteiger partial charge in [-0.3, -0.25) is 4.98 Å². The van der Waals surface area contributed by atoms with E-state index in [-0.39, 0.29) is 5.97 Å². The summed E-state index contributed by atoms with van der Waals surface area (Å²) >= 11 is 0. The Bertz CT molecular complexity index is 611. The monoisotopic (exact) mass is 286 g/mol. The van der Waals surface area contributed by atoms with Crippen molar-refractivity contribution in [2.75, 3.05) is 25.7 Å². The van der Waals surface area contributed by atoms with Gasteiger partial charge in [-0.1, -0.05) is 0 Å². The van der Waals surface area contributed by atoms with E-state index < -0.39 is 0 Å². The summed E-state index contributed by atoms with van der Waals surface area (Å²) in [6.07, 6.45) is 3.20. The van der Waals surface area contributed by atoms with Crippen molar-refractivity contribution < 1.29 is 14.3 Å². The Hall–Kier alpha value is -2.56. The van der Waals surface area contributed by atoms with Gasteiger partial charge in [0.05, 0.1) is 31.2 Å². The molecule has 21 heavy (non-hydrogen) atoms. The molecule has 0 radical (unpaired) electrons. The van der Waals surface area contributed by atoms with Crippen molar-refractivity contribution in [3.63, 3.8) is 0 Å². The highest BCUT2D eigenvalue weighted by molar-refractivity contribution is 5.90. The van der Waals surface area contributed by atoms with Gasteiger partial charge < -0.3 is 14.4 Å². The number of rotatable bonds is 5. The first kappa shape index (κ1) is 14.8. The van der Waals surface area contributed by atoms with Crippen LogP contribution in [-0.4, -0.2) is 31.7 Å². The van der Waals surface area contributed by atoms with Crippen LogP contribution >= 0.6 is 0 Å². The number of benzene rings is 1. The summed E-state index contributed by atoms with van der Waals surface area (Å²) < 4.78 is 10.1. The summed E-state index contributed by atoms with van der Waals surface area (Å²) in [4.78, 5) is 17.8. The van der Waals surface area contributed by atoms with E-state index in [1.165, 1.54) is 6.20 Å². The Kier molecular flexibility index (Phi) is 4.77. The summed E-state index contributed by atoms with van der Waals surface area (Å²) in [6, 6.07) is 9.41. The molecule has 1 heterocycles. The average Bonchev–Trinajstić information content (AvgIpc) is 2.54. The third-order valence-electron chi connectivity index (χ3n) is 3.08. The third-order valence-corrected chi connectivity index (χ3v) is 3.08. The summed E-state index contributed by atoms with van der Waals surface area (Å²) in [5, 5.41) is 0. The van der Waals surface area contributed by atoms with Crippen molar-refractivity contribution in [3.8, 4) is 5.75 Å². The van der Waals surface area contributed by atoms with Crippen LogP contribution in [0.1, 0.15) is 17.3 Å². The van der Waals surface area contributed by atoms with E-state index in [1.807, 2.05) is 36.2 Å². The number of aromatic nitrogens is 1. The van der Waals surface area contributed by atoms with Crippen LogP contribution in [0.25, 0.3) is 0 Å². The molecular formula is C16H18N2O3. The maximum Gasteiger partial charge on any atom is 0.339 e. The van der Waals surface area contributed by atoms with E-state index in [9.17, 15) is 4.79 Å². The van der Waals surface area contributed by atoms with E-state index in [0.717, 1.165) is 17.1 Å². The Morgan fingerprint density at radius 3 is 2.52 bits per heavy atom. The lowest BCUT2D eigenvalue weighted by Gasteiger charge is -2.19. The van der Waals surface area contributed by atoms with Crippen LogP contribution in [0.15, 0.2) is 42.7 Å². The van der Waals surface area contributed by atoms with E-state index in [1.54, 1.807) is 26.3 Å². The minimum atomic E-state index is -0.366. The van der Waals surface area contributed by atoms with Gasteiger partial charge in [0.15, 0.2) is 0 Å². The maximum absolute atomic E-state index is 11.7. The number of anilines is 2. The molecular weight excluding hydrogens is 268 g/mol. The molecule has 2 rings (SSSR count). The second-order valence-corrected chi connectivity index (χ2v) is 4.41. The molecule has 0 aliphatic heterocycles. The Labute approximate surface area is 124 Å². The van der Waals surface area contributed by atoms with Crippen molar-refractivity contribution in [3.05, 3.63) is 48.3 Å². The predicted molar refractivity (Wildman–Crippen MR) is 81.3 cm³/mol. The quantitative estimate of drug-likeness (QED) is 0.791. The molecule has 0 atom stereocenters. The first-order chi connectivity index (χ1) is 10.2. The lowest BCUT2D eigenvalue weighted by molar-refractivity contribution is 0.0526. The van der Waals surface area contributed by atoms with Gasteiger partial charge in [0.25, 0.3) is 0 Å². The molecule has 2 aromatic rings. The fourth-order valence-electron chi connectivity index (χ4n) is 1.89. The normalized spacial score (nSPS) is 10.0. The Morgan fingerprint density at radius 1 is 1.19 bits per heavy atom. The third kappa shape index (κ3) is 3.51. The van der Waals surface area contributed by atoms with Gasteiger partial charge in [0.2, 0.25) is 0 Å². The molecule has 0 saturated heterocycles. The van der Waals surface area contributed by atoms with Crippen LogP contribution in [0.3, 0.4) is 0 Å². The lowest BCUT2D eigenvalue weighted by atomic mass is 10.2. The lowest BCUT2D eigenvalue weighted by Crippen LogP contribution is -2.12. The van der Waals surface area contributed by atoms with Crippen molar-refractivity contribution in [1.82, 2.24) is 4.98 Å². The number of methoxy groups -OCH3 is 1. The highest BCUT2D eigenvalue weighted by Crippen LogP contribution is 2.25. The van der Waals surface area contributed by atoms with Crippen molar-refractivity contribution in [2.24, 2.45) is 0 Å². The van der Waals surface area contributed by atoms with Crippen LogP contribution in [0.2, 0.25) is 0 Å². The van der Waals surface area contributed by atoms with Gasteiger partial charge in [-0.15, -0.1) is 0 Å². The predicted octanol–water partition coefficient (Wildman–Crippen LogP) is 3.03. The zero-order valence-corrected chi connectivity index (χ0v) is 12.4. The van der Waals surface area contributed by atoms with E-state index in [2.05, 4.69) is 4.98 Å². The molecule has 0 bridgehead atoms. The molecule has 5 heteroatoms. The average molecular weight is 286 g/mol. The minimum Gasteiger partial charge on any atom is -0.497 e. The van der Waals surface area contributed by atoms with Crippen molar-refractivity contribution >= 4 is 17.3 Å². The molecule has 110 valence electrons. The van der Waals surface area contributed by atoms with E-state index in [0.29, 0.717) is 12.2 Å². The topological polar surface area (TPSA) is 51.7 Å². The molecule has 0 N–H and O–H groups in total. The summed E-state index contributed by atoms with van der Waals surface area (Å²) in [5.74, 6) is 0.431. The molecule has 0 fully saturated rings. The summed E-state index contributed by atoms with van der Waals surface area (Å²) in [5.41, 5.74) is 2.22. The second-order valence-electron chi connectivity index (χ2n) is 4.41. The highest BCUT2D eigenvalue weighted by atomic mass is 16.5. The number of esters is 1. The van der Waals surface area contributed by atoms with Crippen LogP contribution in [-0.2, 0) is 4.74 Å². The minimum absolute atomic E-state index is 0.345. The van der Waals surface area contributed by atoms with Gasteiger partial charge in [0.1, 0.15) is 5.75 Å². The summed E-state index contributed by atoms with van der Waals surface area (Å²) in [7, 11) is 3.54. The SMILES string of the molecule is CCOC(=O)c1cncc(N(C)c2ccc(OC)cc2)c1. The molecule has 1 aromatic heterocycles. The largest absolute Gasteiger partial charge is 0.497 e. The number of ether oxygens (including phenoxy) is 2. The number of hydrogen-bond acceptors (Lipinski definition) is 5. The Balaban J connectivity index is 2.23. The zero-order chi connectivity index (χ0) is 15.2. The zero-order valence-electron chi connectivity index (χ0n) is 12.4. The maximum atomic E-state index is 11.7. The first-order valence-corrected chi connectivity index (χ1v) is 6.65. The fourth-order valence-corrected chi connectivity index (χ4v) is 1.89. The van der Waals surface area contributed by atoms with Crippen molar-refractivity contribution in [1.29, 1.82) is 0 Å². The fraction of sp³-hybridized carbons (Fsp3) is 0.250. The number of carbonyl (C=O) groups is 1. The van der Waals surface area contributed by atoms with Gasteiger partial charge in [-0.05, 0) is 37.3 Å². The van der Waals surface area contributed by atoms with Crippen LogP contribution < -0.4 is 9.64 Å². The molecule has 0 amide bonds. The smallest absolute Gasteiger partial charge is 0.339 e. The standard InChI is InChI=1S/C16H18N2O3/c1-4-21-16(19)12-9-14(11-17-10-12)18(2)13-5-7-15(20-3)8-6-13/h5-11H,4H2,1-3H3. The van der Waals surface area contributed by atoms with Gasteiger partial charge in [-0.2, -0.15) is 0 Å². The molecule has 5 nitrogen and oxygen atoms in total. The first-order valence-electron chi connectivity index (χ1n) is 6.65. The van der Waals surface area contributed by atoms with Crippen molar-refractivity contribution in [2.45, 2.75) is 6.92 Å². The van der Waals surface area contributed by atoms with Gasteiger partial charge >= 0.3 is 5.97 Å². The molecule has 0 saturated carbocycles. The molecule has 0 aliphatic carbocycles. The molecule has 0 aliphatic rings. The molecule has 0 unspecified atom stereocenters. The van der Waals surface area contributed by atoms with Crippen LogP contribution in [0.5, 0.6) is 5.75 Å². The second kappa shape index (κ2) is 6.74. The number of carbonyl (C=O) groups excluding carboxylic acids is 1. The number of pyridine rings is 1. The highest BCUT2D eigenvalue weighted by Gasteiger charge is 2.10. The van der Waals surface area contributed by atoms with Gasteiger partial charge in [-0.25, -0.2) is 4.79 Å². The van der Waals surface area contributed by atoms with E-state index in [4.69, 9.17) is 9.47 Å². The summed E-state index contributed by atoms with van der Waals surface area (Å²) in [6.45, 7) is 2.12. The molecule has 0 spiro atoms. The number of hydrogen-bond donors (Lipinski definition) is 0. The number of nitrogens with zero attached hydrogens (tertiary/aromatic N) is 2. The Morgan fingerprint density at radius 2 is 1.90 bits per heavy atom. The van der Waals surface area contributed by atoms with E-state index >= 15 is 0 Å². The van der Waals surface area contributed by atoms with Crippen LogP contribution in [0, 0.1) is 0 Å².